The molecule has 0 fully saturated rings. The molecule has 2 aromatic rings. The van der Waals surface area contributed by atoms with Gasteiger partial charge in [0.25, 0.3) is 0 Å². The largest absolute Gasteiger partial charge is 0.298 e. The highest BCUT2D eigenvalue weighted by Gasteiger charge is 2.13. The molecule has 0 bridgehead atoms. The van der Waals surface area contributed by atoms with Crippen LogP contribution in [0.1, 0.15) is 10.4 Å². The van der Waals surface area contributed by atoms with Crippen LogP contribution in [0.3, 0.4) is 0 Å². The number of rotatable bonds is 2. The lowest BCUT2D eigenvalue weighted by Crippen LogP contribution is -1.86. The lowest BCUT2D eigenvalue weighted by molar-refractivity contribution is 0.112. The maximum absolute atomic E-state index is 10.7. The number of halogens is 4. The lowest BCUT2D eigenvalue weighted by atomic mass is 10.0. The molecule has 5 heteroatoms. The van der Waals surface area contributed by atoms with Crippen LogP contribution in [0.2, 0.25) is 20.1 Å². The van der Waals surface area contributed by atoms with E-state index in [1.807, 2.05) is 0 Å². The molecule has 0 radical (unpaired) electrons. The standard InChI is InChI=1S/C13H6Cl4O/c14-9-3-4-10(15)13(17)12(9)7-1-2-8(6-18)11(16)5-7/h1-6H. The van der Waals surface area contributed by atoms with E-state index >= 15 is 0 Å². The van der Waals surface area contributed by atoms with Crippen molar-refractivity contribution < 1.29 is 4.79 Å². The number of aldehydes is 1. The normalized spacial score (nSPS) is 10.4. The third-order valence-corrected chi connectivity index (χ3v) is 3.91. The molecule has 2 rings (SSSR count). The van der Waals surface area contributed by atoms with Gasteiger partial charge >= 0.3 is 0 Å². The molecule has 0 heterocycles. The predicted octanol–water partition coefficient (Wildman–Crippen LogP) is 5.78. The summed E-state index contributed by atoms with van der Waals surface area (Å²) < 4.78 is 0. The van der Waals surface area contributed by atoms with E-state index in [1.165, 1.54) is 0 Å². The molecule has 18 heavy (non-hydrogen) atoms. The summed E-state index contributed by atoms with van der Waals surface area (Å²) in [4.78, 5) is 10.7. The smallest absolute Gasteiger partial charge is 0.151 e. The van der Waals surface area contributed by atoms with E-state index in [1.54, 1.807) is 30.3 Å². The van der Waals surface area contributed by atoms with Crippen molar-refractivity contribution in [3.63, 3.8) is 0 Å². The number of benzene rings is 2. The molecule has 0 amide bonds. The highest BCUT2D eigenvalue weighted by atomic mass is 35.5. The van der Waals surface area contributed by atoms with Gasteiger partial charge in [-0.1, -0.05) is 52.5 Å². The highest BCUT2D eigenvalue weighted by Crippen LogP contribution is 2.39. The lowest BCUT2D eigenvalue weighted by Gasteiger charge is -2.09. The monoisotopic (exact) mass is 318 g/mol. The Bertz CT molecular complexity index is 623. The molecule has 0 saturated heterocycles. The summed E-state index contributed by atoms with van der Waals surface area (Å²) in [5.41, 5.74) is 1.72. The van der Waals surface area contributed by atoms with Crippen LogP contribution < -0.4 is 0 Å². The van der Waals surface area contributed by atoms with Crippen molar-refractivity contribution in [1.29, 1.82) is 0 Å². The minimum atomic E-state index is 0.342. The van der Waals surface area contributed by atoms with Gasteiger partial charge in [-0.25, -0.2) is 0 Å². The fourth-order valence-electron chi connectivity index (χ4n) is 1.57. The zero-order valence-corrected chi connectivity index (χ0v) is 11.9. The van der Waals surface area contributed by atoms with Gasteiger partial charge < -0.3 is 0 Å². The Hall–Kier alpha value is -0.730. The minimum Gasteiger partial charge on any atom is -0.298 e. The Labute approximate surface area is 124 Å². The van der Waals surface area contributed by atoms with Crippen LogP contribution >= 0.6 is 46.4 Å². The first-order valence-corrected chi connectivity index (χ1v) is 6.44. The SMILES string of the molecule is O=Cc1ccc(-c2c(Cl)ccc(Cl)c2Cl)cc1Cl. The molecule has 0 aliphatic rings. The van der Waals surface area contributed by atoms with Crippen LogP contribution in [-0.4, -0.2) is 6.29 Å². The van der Waals surface area contributed by atoms with Crippen molar-refractivity contribution in [1.82, 2.24) is 0 Å². The Kier molecular flexibility index (Phi) is 4.18. The van der Waals surface area contributed by atoms with Crippen molar-refractivity contribution in [2.24, 2.45) is 0 Å². The first-order chi connectivity index (χ1) is 8.54. The third-order valence-electron chi connectivity index (χ3n) is 2.46. The fraction of sp³-hybridized carbons (Fsp3) is 0. The summed E-state index contributed by atoms with van der Waals surface area (Å²) in [6.45, 7) is 0. The van der Waals surface area contributed by atoms with Gasteiger partial charge in [0, 0.05) is 16.1 Å². The molecule has 0 atom stereocenters. The van der Waals surface area contributed by atoms with Gasteiger partial charge in [-0.2, -0.15) is 0 Å². The zero-order chi connectivity index (χ0) is 13.3. The maximum Gasteiger partial charge on any atom is 0.151 e. The topological polar surface area (TPSA) is 17.1 Å². The molecule has 0 spiro atoms. The second kappa shape index (κ2) is 5.50. The third kappa shape index (κ3) is 2.50. The maximum atomic E-state index is 10.7. The predicted molar refractivity (Wildman–Crippen MR) is 77.3 cm³/mol. The Balaban J connectivity index is 2.66. The molecule has 0 unspecified atom stereocenters. The number of carbonyl (C=O) groups excluding carboxylic acids is 1. The van der Waals surface area contributed by atoms with Crippen LogP contribution in [0.15, 0.2) is 30.3 Å². The average molecular weight is 320 g/mol. The van der Waals surface area contributed by atoms with Crippen molar-refractivity contribution >= 4 is 52.7 Å². The Morgan fingerprint density at radius 1 is 0.833 bits per heavy atom. The summed E-state index contributed by atoms with van der Waals surface area (Å²) >= 11 is 24.2. The van der Waals surface area contributed by atoms with E-state index in [4.69, 9.17) is 46.4 Å². The molecule has 0 aromatic heterocycles. The van der Waals surface area contributed by atoms with Crippen LogP contribution in [0, 0.1) is 0 Å². The number of hydrogen-bond acceptors (Lipinski definition) is 1. The molecule has 0 N–H and O–H groups in total. The Morgan fingerprint density at radius 3 is 2.11 bits per heavy atom. The molecule has 2 aromatic carbocycles. The summed E-state index contributed by atoms with van der Waals surface area (Å²) in [7, 11) is 0. The highest BCUT2D eigenvalue weighted by molar-refractivity contribution is 6.46. The van der Waals surface area contributed by atoms with E-state index in [0.29, 0.717) is 43.1 Å². The van der Waals surface area contributed by atoms with Crippen molar-refractivity contribution in [2.45, 2.75) is 0 Å². The zero-order valence-electron chi connectivity index (χ0n) is 8.88. The van der Waals surface area contributed by atoms with Gasteiger partial charge in [-0.15, -0.1) is 0 Å². The number of carbonyl (C=O) groups is 1. The first-order valence-electron chi connectivity index (χ1n) is 4.93. The van der Waals surface area contributed by atoms with Crippen LogP contribution in [0.25, 0.3) is 11.1 Å². The van der Waals surface area contributed by atoms with E-state index in [9.17, 15) is 4.79 Å². The van der Waals surface area contributed by atoms with Crippen LogP contribution in [0.5, 0.6) is 0 Å². The van der Waals surface area contributed by atoms with Crippen LogP contribution in [-0.2, 0) is 0 Å². The summed E-state index contributed by atoms with van der Waals surface area (Å²) in [6, 6.07) is 8.25. The van der Waals surface area contributed by atoms with E-state index < -0.39 is 0 Å². The molecular weight excluding hydrogens is 314 g/mol. The van der Waals surface area contributed by atoms with Crippen molar-refractivity contribution in [3.8, 4) is 11.1 Å². The van der Waals surface area contributed by atoms with Gasteiger partial charge in [0.15, 0.2) is 6.29 Å². The Morgan fingerprint density at radius 2 is 1.50 bits per heavy atom. The minimum absolute atomic E-state index is 0.342. The van der Waals surface area contributed by atoms with E-state index in [-0.39, 0.29) is 0 Å². The average Bonchev–Trinajstić information content (AvgIpc) is 2.35. The van der Waals surface area contributed by atoms with Gasteiger partial charge in [0.2, 0.25) is 0 Å². The number of hydrogen-bond donors (Lipinski definition) is 0. The molecule has 0 aliphatic heterocycles. The van der Waals surface area contributed by atoms with Gasteiger partial charge in [0.05, 0.1) is 15.1 Å². The van der Waals surface area contributed by atoms with Gasteiger partial charge in [-0.05, 0) is 29.8 Å². The quantitative estimate of drug-likeness (QED) is 0.506. The summed E-state index contributed by atoms with van der Waals surface area (Å²) in [6.07, 6.45) is 0.688. The van der Waals surface area contributed by atoms with Gasteiger partial charge in [0.1, 0.15) is 0 Å². The second-order valence-corrected chi connectivity index (χ2v) is 5.17. The molecule has 1 nitrogen and oxygen atoms in total. The summed E-state index contributed by atoms with van der Waals surface area (Å²) in [5.74, 6) is 0. The molecule has 0 saturated carbocycles. The van der Waals surface area contributed by atoms with E-state index in [2.05, 4.69) is 0 Å². The van der Waals surface area contributed by atoms with E-state index in [0.717, 1.165) is 0 Å². The van der Waals surface area contributed by atoms with Gasteiger partial charge in [-0.3, -0.25) is 4.79 Å². The molecule has 0 aliphatic carbocycles. The van der Waals surface area contributed by atoms with Crippen LogP contribution in [0.4, 0.5) is 0 Å². The fourth-order valence-corrected chi connectivity index (χ4v) is 2.54. The molecule has 92 valence electrons. The van der Waals surface area contributed by atoms with Crippen molar-refractivity contribution in [3.05, 3.63) is 56.0 Å². The van der Waals surface area contributed by atoms with Crippen molar-refractivity contribution in [2.75, 3.05) is 0 Å². The summed E-state index contributed by atoms with van der Waals surface area (Å²) in [5, 5.41) is 1.58. The first kappa shape index (κ1) is 13.7. The molecular formula is C13H6Cl4O. The second-order valence-electron chi connectivity index (χ2n) is 3.57.